The summed E-state index contributed by atoms with van der Waals surface area (Å²) in [6.07, 6.45) is 0.966. The van der Waals surface area contributed by atoms with E-state index in [1.807, 2.05) is 12.1 Å². The summed E-state index contributed by atoms with van der Waals surface area (Å²) < 4.78 is 41.2. The molecule has 0 saturated heterocycles. The molecule has 0 radical (unpaired) electrons. The van der Waals surface area contributed by atoms with Crippen LogP contribution >= 0.6 is 0 Å². The molecule has 0 saturated carbocycles. The number of carbonyl (C=O) groups is 2. The summed E-state index contributed by atoms with van der Waals surface area (Å²) in [5.74, 6) is -2.22. The maximum absolute atomic E-state index is 13.8. The lowest BCUT2D eigenvalue weighted by Crippen LogP contribution is -2.17. The molecule has 0 bridgehead atoms. The van der Waals surface area contributed by atoms with Crippen LogP contribution in [-0.4, -0.2) is 26.8 Å². The zero-order chi connectivity index (χ0) is 20.2. The van der Waals surface area contributed by atoms with E-state index in [0.29, 0.717) is 11.5 Å². The summed E-state index contributed by atoms with van der Waals surface area (Å²) in [7, 11) is -4.10. The van der Waals surface area contributed by atoms with Crippen molar-refractivity contribution in [2.45, 2.75) is 31.1 Å². The normalized spacial score (nSPS) is 12.4. The minimum Gasteiger partial charge on any atom is -0.454 e. The minimum absolute atomic E-state index is 0.355. The van der Waals surface area contributed by atoms with Gasteiger partial charge in [-0.25, -0.2) is 22.7 Å². The molecule has 2 aromatic rings. The maximum atomic E-state index is 13.8. The number of nitrogens with two attached hydrogens (primary N) is 1. The summed E-state index contributed by atoms with van der Waals surface area (Å²) in [5, 5.41) is 4.96. The van der Waals surface area contributed by atoms with Gasteiger partial charge in [-0.15, -0.1) is 0 Å². The highest BCUT2D eigenvalue weighted by Gasteiger charge is 2.19. The van der Waals surface area contributed by atoms with Crippen molar-refractivity contribution in [2.75, 3.05) is 6.61 Å². The van der Waals surface area contributed by atoms with Crippen molar-refractivity contribution >= 4 is 21.8 Å². The second-order valence-electron chi connectivity index (χ2n) is 6.12. The van der Waals surface area contributed by atoms with Gasteiger partial charge >= 0.3 is 5.97 Å². The van der Waals surface area contributed by atoms with Crippen LogP contribution in [0.3, 0.4) is 0 Å². The molecule has 8 heteroatoms. The average molecular weight is 393 g/mol. The molecule has 0 aliphatic rings. The number of hydrogen-bond acceptors (Lipinski definition) is 5. The number of hydrogen-bond donors (Lipinski definition) is 1. The second kappa shape index (κ2) is 8.41. The van der Waals surface area contributed by atoms with E-state index in [1.54, 1.807) is 12.1 Å². The first kappa shape index (κ1) is 20.7. The van der Waals surface area contributed by atoms with Crippen LogP contribution in [0.1, 0.15) is 52.5 Å². The highest BCUT2D eigenvalue weighted by atomic mass is 32.2. The molecule has 0 unspecified atom stereocenters. The van der Waals surface area contributed by atoms with Crippen molar-refractivity contribution in [2.24, 2.45) is 5.14 Å². The van der Waals surface area contributed by atoms with Gasteiger partial charge in [0.2, 0.25) is 10.0 Å². The van der Waals surface area contributed by atoms with E-state index >= 15 is 0 Å². The van der Waals surface area contributed by atoms with Crippen LogP contribution in [0, 0.1) is 5.82 Å². The predicted octanol–water partition coefficient (Wildman–Crippen LogP) is 3.03. The monoisotopic (exact) mass is 393 g/mol. The lowest BCUT2D eigenvalue weighted by atomic mass is 9.97. The lowest BCUT2D eigenvalue weighted by Gasteiger charge is -2.10. The van der Waals surface area contributed by atoms with Gasteiger partial charge < -0.3 is 4.74 Å². The highest BCUT2D eigenvalue weighted by molar-refractivity contribution is 7.89. The Kier molecular flexibility index (Phi) is 6.45. The van der Waals surface area contributed by atoms with Crippen molar-refractivity contribution in [3.05, 3.63) is 65.0 Å². The Bertz CT molecular complexity index is 955. The zero-order valence-corrected chi connectivity index (χ0v) is 15.8. The first-order valence-electron chi connectivity index (χ1n) is 8.26. The molecule has 0 aliphatic heterocycles. The molecule has 0 amide bonds. The molecule has 0 aliphatic carbocycles. The van der Waals surface area contributed by atoms with Gasteiger partial charge in [-0.3, -0.25) is 4.79 Å². The Morgan fingerprint density at radius 1 is 1.15 bits per heavy atom. The zero-order valence-electron chi connectivity index (χ0n) is 14.9. The standard InChI is InChI=1S/C19H20FNO5S/c1-3-12(2)13-4-6-14(7-5-13)18(22)11-26-19(23)16-10-15(27(21,24)25)8-9-17(16)20/h4-10,12H,3,11H2,1-2H3,(H2,21,24,25)/t12-/m0/s1. The molecule has 0 spiro atoms. The largest absolute Gasteiger partial charge is 0.454 e. The van der Waals surface area contributed by atoms with Gasteiger partial charge in [-0.05, 0) is 36.1 Å². The number of ether oxygens (including phenoxy) is 1. The molecule has 2 rings (SSSR count). The third kappa shape index (κ3) is 5.21. The molecule has 6 nitrogen and oxygen atoms in total. The van der Waals surface area contributed by atoms with Crippen LogP contribution < -0.4 is 5.14 Å². The van der Waals surface area contributed by atoms with Crippen molar-refractivity contribution in [1.29, 1.82) is 0 Å². The van der Waals surface area contributed by atoms with E-state index in [4.69, 9.17) is 9.88 Å². The van der Waals surface area contributed by atoms with E-state index in [0.717, 1.165) is 30.2 Å². The van der Waals surface area contributed by atoms with Crippen molar-refractivity contribution in [3.63, 3.8) is 0 Å². The van der Waals surface area contributed by atoms with E-state index in [1.165, 1.54) is 0 Å². The molecule has 1 atom stereocenters. The molecule has 27 heavy (non-hydrogen) atoms. The van der Waals surface area contributed by atoms with Crippen LogP contribution in [0.25, 0.3) is 0 Å². The summed E-state index contributed by atoms with van der Waals surface area (Å²) in [5.41, 5.74) is 0.836. The minimum atomic E-state index is -4.10. The van der Waals surface area contributed by atoms with Crippen LogP contribution in [-0.2, 0) is 14.8 Å². The smallest absolute Gasteiger partial charge is 0.341 e. The molecule has 0 heterocycles. The number of sulfonamides is 1. The van der Waals surface area contributed by atoms with Crippen molar-refractivity contribution in [3.8, 4) is 0 Å². The molecular weight excluding hydrogens is 373 g/mol. The molecule has 2 aromatic carbocycles. The molecule has 144 valence electrons. The number of rotatable bonds is 7. The lowest BCUT2D eigenvalue weighted by molar-refractivity contribution is 0.0470. The van der Waals surface area contributed by atoms with Gasteiger partial charge in [0.25, 0.3) is 0 Å². The number of carbonyl (C=O) groups excluding carboxylic acids is 2. The number of benzene rings is 2. The molecule has 0 fully saturated rings. The number of esters is 1. The van der Waals surface area contributed by atoms with Crippen molar-refractivity contribution < 1.29 is 27.1 Å². The van der Waals surface area contributed by atoms with Crippen LogP contribution in [0.15, 0.2) is 47.4 Å². The van der Waals surface area contributed by atoms with Gasteiger partial charge in [0.1, 0.15) is 5.82 Å². The summed E-state index contributed by atoms with van der Waals surface area (Å²) in [4.78, 5) is 23.7. The van der Waals surface area contributed by atoms with Gasteiger partial charge in [-0.1, -0.05) is 38.1 Å². The fourth-order valence-corrected chi connectivity index (χ4v) is 2.90. The fraction of sp³-hybridized carbons (Fsp3) is 0.263. The molecule has 0 aromatic heterocycles. The Hall–Kier alpha value is -2.58. The quantitative estimate of drug-likeness (QED) is 0.575. The van der Waals surface area contributed by atoms with E-state index in [2.05, 4.69) is 13.8 Å². The third-order valence-electron chi connectivity index (χ3n) is 4.23. The van der Waals surface area contributed by atoms with E-state index in [-0.39, 0.29) is 0 Å². The topological polar surface area (TPSA) is 104 Å². The van der Waals surface area contributed by atoms with Gasteiger partial charge in [-0.2, -0.15) is 0 Å². The number of Topliss-reactive ketones (excluding diaryl/α,β-unsaturated/α-hetero) is 1. The van der Waals surface area contributed by atoms with Crippen molar-refractivity contribution in [1.82, 2.24) is 0 Å². The predicted molar refractivity (Wildman–Crippen MR) is 97.5 cm³/mol. The number of halogens is 1. The fourth-order valence-electron chi connectivity index (χ4n) is 2.36. The number of primary sulfonamides is 1. The van der Waals surface area contributed by atoms with Gasteiger partial charge in [0.05, 0.1) is 10.5 Å². The van der Waals surface area contributed by atoms with Gasteiger partial charge in [0.15, 0.2) is 12.4 Å². The van der Waals surface area contributed by atoms with E-state index in [9.17, 15) is 22.4 Å². The SMILES string of the molecule is CC[C@H](C)c1ccc(C(=O)COC(=O)c2cc(S(N)(=O)=O)ccc2F)cc1. The molecular formula is C19H20FNO5S. The van der Waals surface area contributed by atoms with E-state index < -0.39 is 44.7 Å². The Labute approximate surface area is 157 Å². The third-order valence-corrected chi connectivity index (χ3v) is 5.15. The molecule has 2 N–H and O–H groups in total. The van der Waals surface area contributed by atoms with Crippen LogP contribution in [0.2, 0.25) is 0 Å². The maximum Gasteiger partial charge on any atom is 0.341 e. The van der Waals surface area contributed by atoms with Crippen LogP contribution in [0.5, 0.6) is 0 Å². The Morgan fingerprint density at radius 2 is 1.78 bits per heavy atom. The summed E-state index contributed by atoms with van der Waals surface area (Å²) >= 11 is 0. The highest BCUT2D eigenvalue weighted by Crippen LogP contribution is 2.19. The van der Waals surface area contributed by atoms with Gasteiger partial charge in [0, 0.05) is 5.56 Å². The second-order valence-corrected chi connectivity index (χ2v) is 7.68. The summed E-state index contributed by atoms with van der Waals surface area (Å²) in [6, 6.07) is 9.45. The summed E-state index contributed by atoms with van der Waals surface area (Å²) in [6.45, 7) is 3.54. The first-order valence-corrected chi connectivity index (χ1v) is 9.80. The van der Waals surface area contributed by atoms with Crippen LogP contribution in [0.4, 0.5) is 4.39 Å². The Balaban J connectivity index is 2.08. The number of ketones is 1. The average Bonchev–Trinajstić information content (AvgIpc) is 2.64. The first-order chi connectivity index (χ1) is 12.6. The Morgan fingerprint density at radius 3 is 2.33 bits per heavy atom.